The van der Waals surface area contributed by atoms with Crippen LogP contribution in [0, 0.1) is 6.92 Å². The van der Waals surface area contributed by atoms with E-state index in [0.29, 0.717) is 5.56 Å². The SMILES string of the molecule is Cc1cccc(C(=O)N2C[C@@H](O)[C@@H](O)C2)c1Br. The van der Waals surface area contributed by atoms with Crippen LogP contribution in [0.25, 0.3) is 0 Å². The summed E-state index contributed by atoms with van der Waals surface area (Å²) >= 11 is 3.39. The molecule has 2 atom stereocenters. The summed E-state index contributed by atoms with van der Waals surface area (Å²) in [5.74, 6) is -0.170. The second kappa shape index (κ2) is 4.76. The summed E-state index contributed by atoms with van der Waals surface area (Å²) in [6, 6.07) is 5.46. The topological polar surface area (TPSA) is 60.8 Å². The summed E-state index contributed by atoms with van der Waals surface area (Å²) in [5, 5.41) is 18.9. The molecule has 1 aliphatic heterocycles. The van der Waals surface area contributed by atoms with E-state index in [0.717, 1.165) is 10.0 Å². The molecule has 0 saturated carbocycles. The van der Waals surface area contributed by atoms with E-state index in [2.05, 4.69) is 15.9 Å². The Morgan fingerprint density at radius 1 is 1.35 bits per heavy atom. The lowest BCUT2D eigenvalue weighted by Crippen LogP contribution is -2.30. The van der Waals surface area contributed by atoms with Crippen LogP contribution in [-0.2, 0) is 0 Å². The number of amides is 1. The fraction of sp³-hybridized carbons (Fsp3) is 0.417. The van der Waals surface area contributed by atoms with Gasteiger partial charge in [0.2, 0.25) is 0 Å². The summed E-state index contributed by atoms with van der Waals surface area (Å²) in [6.45, 7) is 2.27. The molecule has 1 heterocycles. The number of carbonyl (C=O) groups is 1. The summed E-state index contributed by atoms with van der Waals surface area (Å²) in [5.41, 5.74) is 1.54. The van der Waals surface area contributed by atoms with Crippen LogP contribution in [0.4, 0.5) is 0 Å². The number of likely N-dealkylation sites (tertiary alicyclic amines) is 1. The first kappa shape index (κ1) is 12.5. The molecule has 92 valence electrons. The molecule has 2 rings (SSSR count). The maximum absolute atomic E-state index is 12.2. The first-order valence-corrected chi connectivity index (χ1v) is 6.20. The Bertz CT molecular complexity index is 439. The van der Waals surface area contributed by atoms with Crippen molar-refractivity contribution in [2.24, 2.45) is 0 Å². The zero-order chi connectivity index (χ0) is 12.6. The van der Waals surface area contributed by atoms with Gasteiger partial charge in [-0.2, -0.15) is 0 Å². The average molecular weight is 300 g/mol. The minimum atomic E-state index is -0.845. The molecule has 2 N–H and O–H groups in total. The van der Waals surface area contributed by atoms with Gasteiger partial charge in [-0.25, -0.2) is 0 Å². The molecule has 0 aliphatic carbocycles. The lowest BCUT2D eigenvalue weighted by atomic mass is 10.1. The zero-order valence-electron chi connectivity index (χ0n) is 9.43. The predicted octanol–water partition coefficient (Wildman–Crippen LogP) is 0.935. The molecule has 1 amide bonds. The maximum atomic E-state index is 12.2. The number of aryl methyl sites for hydroxylation is 1. The summed E-state index contributed by atoms with van der Waals surface area (Å²) < 4.78 is 0.765. The highest BCUT2D eigenvalue weighted by atomic mass is 79.9. The second-order valence-electron chi connectivity index (χ2n) is 4.28. The Morgan fingerprint density at radius 2 is 1.94 bits per heavy atom. The number of rotatable bonds is 1. The Kier molecular flexibility index (Phi) is 3.51. The highest BCUT2D eigenvalue weighted by Gasteiger charge is 2.33. The van der Waals surface area contributed by atoms with Gasteiger partial charge < -0.3 is 15.1 Å². The van der Waals surface area contributed by atoms with E-state index >= 15 is 0 Å². The molecular weight excluding hydrogens is 286 g/mol. The molecule has 1 aliphatic rings. The molecule has 1 saturated heterocycles. The van der Waals surface area contributed by atoms with Gasteiger partial charge in [0.15, 0.2) is 0 Å². The number of carbonyl (C=O) groups excluding carboxylic acids is 1. The van der Waals surface area contributed by atoms with Crippen molar-refractivity contribution in [1.29, 1.82) is 0 Å². The smallest absolute Gasteiger partial charge is 0.255 e. The number of β-amino-alcohol motifs (C(OH)–C–C–N with tert-alkyl or cyclic N) is 2. The number of aliphatic hydroxyl groups excluding tert-OH is 2. The van der Waals surface area contributed by atoms with Crippen LogP contribution in [-0.4, -0.2) is 46.3 Å². The Labute approximate surface area is 108 Å². The van der Waals surface area contributed by atoms with Crippen molar-refractivity contribution >= 4 is 21.8 Å². The van der Waals surface area contributed by atoms with Crippen molar-refractivity contribution in [3.63, 3.8) is 0 Å². The molecule has 0 unspecified atom stereocenters. The van der Waals surface area contributed by atoms with E-state index in [4.69, 9.17) is 0 Å². The molecule has 1 fully saturated rings. The van der Waals surface area contributed by atoms with Crippen LogP contribution in [0.5, 0.6) is 0 Å². The van der Waals surface area contributed by atoms with Gasteiger partial charge in [-0.05, 0) is 34.5 Å². The van der Waals surface area contributed by atoms with Crippen molar-refractivity contribution in [3.05, 3.63) is 33.8 Å². The van der Waals surface area contributed by atoms with Crippen LogP contribution in [0.2, 0.25) is 0 Å². The van der Waals surface area contributed by atoms with Gasteiger partial charge in [-0.1, -0.05) is 12.1 Å². The highest BCUT2D eigenvalue weighted by molar-refractivity contribution is 9.10. The Morgan fingerprint density at radius 3 is 2.53 bits per heavy atom. The lowest BCUT2D eigenvalue weighted by molar-refractivity contribution is 0.0572. The maximum Gasteiger partial charge on any atom is 0.255 e. The van der Waals surface area contributed by atoms with Crippen molar-refractivity contribution in [3.8, 4) is 0 Å². The molecule has 17 heavy (non-hydrogen) atoms. The molecule has 0 spiro atoms. The monoisotopic (exact) mass is 299 g/mol. The minimum Gasteiger partial charge on any atom is -0.388 e. The van der Waals surface area contributed by atoms with Crippen molar-refractivity contribution < 1.29 is 15.0 Å². The molecule has 4 nitrogen and oxygen atoms in total. The number of hydrogen-bond acceptors (Lipinski definition) is 3. The van der Waals surface area contributed by atoms with Gasteiger partial charge in [0.05, 0.1) is 17.8 Å². The van der Waals surface area contributed by atoms with Crippen LogP contribution in [0.1, 0.15) is 15.9 Å². The molecule has 0 radical (unpaired) electrons. The van der Waals surface area contributed by atoms with Gasteiger partial charge >= 0.3 is 0 Å². The van der Waals surface area contributed by atoms with E-state index in [9.17, 15) is 15.0 Å². The van der Waals surface area contributed by atoms with Gasteiger partial charge in [0.1, 0.15) is 0 Å². The van der Waals surface area contributed by atoms with Crippen LogP contribution < -0.4 is 0 Å². The third-order valence-corrected chi connectivity index (χ3v) is 4.02. The molecule has 5 heteroatoms. The average Bonchev–Trinajstić information content (AvgIpc) is 2.62. The number of hydrogen-bond donors (Lipinski definition) is 2. The van der Waals surface area contributed by atoms with Crippen molar-refractivity contribution in [2.75, 3.05) is 13.1 Å². The normalized spacial score (nSPS) is 24.1. The first-order chi connectivity index (χ1) is 8.00. The van der Waals surface area contributed by atoms with Gasteiger partial charge in [-0.15, -0.1) is 0 Å². The highest BCUT2D eigenvalue weighted by Crippen LogP contribution is 2.24. The van der Waals surface area contributed by atoms with Gasteiger partial charge in [-0.3, -0.25) is 4.79 Å². The largest absolute Gasteiger partial charge is 0.388 e. The van der Waals surface area contributed by atoms with Crippen LogP contribution in [0.3, 0.4) is 0 Å². The summed E-state index contributed by atoms with van der Waals surface area (Å²) in [7, 11) is 0. The standard InChI is InChI=1S/C12H14BrNO3/c1-7-3-2-4-8(11(7)13)12(17)14-5-9(15)10(16)6-14/h2-4,9-10,15-16H,5-6H2,1H3/t9-,10+. The van der Waals surface area contributed by atoms with Crippen molar-refractivity contribution in [2.45, 2.75) is 19.1 Å². The van der Waals surface area contributed by atoms with Crippen LogP contribution >= 0.6 is 15.9 Å². The third-order valence-electron chi connectivity index (χ3n) is 2.97. The molecule has 1 aromatic rings. The number of nitrogens with zero attached hydrogens (tertiary/aromatic N) is 1. The van der Waals surface area contributed by atoms with E-state index in [1.165, 1.54) is 4.90 Å². The molecular formula is C12H14BrNO3. The zero-order valence-corrected chi connectivity index (χ0v) is 11.0. The minimum absolute atomic E-state index is 0.170. The summed E-state index contributed by atoms with van der Waals surface area (Å²) in [6.07, 6.45) is -1.69. The predicted molar refractivity (Wildman–Crippen MR) is 66.8 cm³/mol. The Hall–Kier alpha value is -0.910. The number of halogens is 1. The third kappa shape index (κ3) is 2.36. The van der Waals surface area contributed by atoms with Crippen molar-refractivity contribution in [1.82, 2.24) is 4.90 Å². The summed E-state index contributed by atoms with van der Waals surface area (Å²) in [4.78, 5) is 13.7. The van der Waals surface area contributed by atoms with Crippen LogP contribution in [0.15, 0.2) is 22.7 Å². The quantitative estimate of drug-likeness (QED) is 0.811. The van der Waals surface area contributed by atoms with E-state index in [1.54, 1.807) is 6.07 Å². The molecule has 0 aromatic heterocycles. The molecule has 0 bridgehead atoms. The van der Waals surface area contributed by atoms with Gasteiger partial charge in [0.25, 0.3) is 5.91 Å². The fourth-order valence-electron chi connectivity index (χ4n) is 1.92. The fourth-order valence-corrected chi connectivity index (χ4v) is 2.35. The molecule has 1 aromatic carbocycles. The number of aliphatic hydroxyl groups is 2. The lowest BCUT2D eigenvalue weighted by Gasteiger charge is -2.16. The van der Waals surface area contributed by atoms with E-state index in [1.807, 2.05) is 19.1 Å². The number of benzene rings is 1. The second-order valence-corrected chi connectivity index (χ2v) is 5.07. The van der Waals surface area contributed by atoms with Gasteiger partial charge in [0, 0.05) is 17.6 Å². The van der Waals surface area contributed by atoms with E-state index < -0.39 is 12.2 Å². The first-order valence-electron chi connectivity index (χ1n) is 5.41. The van der Waals surface area contributed by atoms with E-state index in [-0.39, 0.29) is 19.0 Å². The Balaban J connectivity index is 2.24.